The Bertz CT molecular complexity index is 499. The molecule has 3 rings (SSSR count). The van der Waals surface area contributed by atoms with Crippen molar-refractivity contribution >= 4 is 22.6 Å². The molecule has 3 heterocycles. The maximum atomic E-state index is 11.9. The molecule has 1 aromatic rings. The average molecular weight is 324 g/mol. The SMILES string of the molecule is COCc1nsc(N2CCC(CN3CCCCC3=O)CC2)n1. The lowest BCUT2D eigenvalue weighted by molar-refractivity contribution is -0.134. The Balaban J connectivity index is 1.48. The van der Waals surface area contributed by atoms with Crippen LogP contribution in [-0.2, 0) is 16.1 Å². The highest BCUT2D eigenvalue weighted by Crippen LogP contribution is 2.26. The lowest BCUT2D eigenvalue weighted by Gasteiger charge is -2.35. The van der Waals surface area contributed by atoms with Crippen molar-refractivity contribution in [2.24, 2.45) is 5.92 Å². The summed E-state index contributed by atoms with van der Waals surface area (Å²) in [6.45, 7) is 4.39. The Labute approximate surface area is 135 Å². The molecule has 0 atom stereocenters. The second kappa shape index (κ2) is 7.37. The van der Waals surface area contributed by atoms with Crippen LogP contribution in [0.25, 0.3) is 0 Å². The van der Waals surface area contributed by atoms with Gasteiger partial charge in [-0.3, -0.25) is 4.79 Å². The van der Waals surface area contributed by atoms with Crippen molar-refractivity contribution in [3.8, 4) is 0 Å². The number of nitrogens with zero attached hydrogens (tertiary/aromatic N) is 4. The fourth-order valence-corrected chi connectivity index (χ4v) is 3.96. The molecule has 22 heavy (non-hydrogen) atoms. The molecule has 2 fully saturated rings. The molecule has 1 amide bonds. The monoisotopic (exact) mass is 324 g/mol. The normalized spacial score (nSPS) is 20.7. The first kappa shape index (κ1) is 15.7. The van der Waals surface area contributed by atoms with Crippen molar-refractivity contribution in [2.45, 2.75) is 38.7 Å². The lowest BCUT2D eigenvalue weighted by atomic mass is 9.95. The van der Waals surface area contributed by atoms with Crippen molar-refractivity contribution in [1.29, 1.82) is 0 Å². The summed E-state index contributed by atoms with van der Waals surface area (Å²) in [5.74, 6) is 1.75. The molecule has 7 heteroatoms. The van der Waals surface area contributed by atoms with Crippen LogP contribution in [0, 0.1) is 5.92 Å². The topological polar surface area (TPSA) is 58.6 Å². The maximum Gasteiger partial charge on any atom is 0.222 e. The summed E-state index contributed by atoms with van der Waals surface area (Å²) in [5, 5.41) is 1.000. The second-order valence-corrected chi connectivity index (χ2v) is 6.88. The number of likely N-dealkylation sites (tertiary alicyclic amines) is 1. The summed E-state index contributed by atoms with van der Waals surface area (Å²) < 4.78 is 9.38. The number of carbonyl (C=O) groups excluding carboxylic acids is 1. The summed E-state index contributed by atoms with van der Waals surface area (Å²) in [6, 6.07) is 0. The van der Waals surface area contributed by atoms with Crippen LogP contribution in [0.1, 0.15) is 37.9 Å². The smallest absolute Gasteiger partial charge is 0.222 e. The minimum atomic E-state index is 0.349. The van der Waals surface area contributed by atoms with Gasteiger partial charge in [-0.25, -0.2) is 4.98 Å². The summed E-state index contributed by atoms with van der Waals surface area (Å²) in [4.78, 5) is 20.8. The van der Waals surface area contributed by atoms with E-state index in [1.54, 1.807) is 7.11 Å². The van der Waals surface area contributed by atoms with Crippen LogP contribution in [0.2, 0.25) is 0 Å². The van der Waals surface area contributed by atoms with E-state index < -0.39 is 0 Å². The van der Waals surface area contributed by atoms with Gasteiger partial charge in [0.05, 0.1) is 0 Å². The van der Waals surface area contributed by atoms with Crippen molar-refractivity contribution in [3.05, 3.63) is 5.82 Å². The van der Waals surface area contributed by atoms with Crippen molar-refractivity contribution < 1.29 is 9.53 Å². The van der Waals surface area contributed by atoms with Gasteiger partial charge in [0.2, 0.25) is 11.0 Å². The number of piperidine rings is 2. The predicted molar refractivity (Wildman–Crippen MR) is 86.0 cm³/mol. The molecule has 0 spiro atoms. The minimum Gasteiger partial charge on any atom is -0.377 e. The molecule has 2 aliphatic heterocycles. The van der Waals surface area contributed by atoms with Gasteiger partial charge in [0.15, 0.2) is 5.82 Å². The van der Waals surface area contributed by atoms with Gasteiger partial charge in [0, 0.05) is 51.2 Å². The zero-order valence-corrected chi connectivity index (χ0v) is 14.0. The molecule has 0 aliphatic carbocycles. The molecule has 6 nitrogen and oxygen atoms in total. The quantitative estimate of drug-likeness (QED) is 0.828. The largest absolute Gasteiger partial charge is 0.377 e. The van der Waals surface area contributed by atoms with Crippen LogP contribution >= 0.6 is 11.5 Å². The maximum absolute atomic E-state index is 11.9. The van der Waals surface area contributed by atoms with Gasteiger partial charge in [0.25, 0.3) is 0 Å². The second-order valence-electron chi connectivity index (χ2n) is 6.15. The number of carbonyl (C=O) groups is 1. The first-order valence-corrected chi connectivity index (χ1v) is 8.88. The highest BCUT2D eigenvalue weighted by Gasteiger charge is 2.26. The van der Waals surface area contributed by atoms with Gasteiger partial charge in [-0.2, -0.15) is 4.37 Å². The van der Waals surface area contributed by atoms with E-state index in [0.29, 0.717) is 18.4 Å². The Morgan fingerprint density at radius 2 is 2.09 bits per heavy atom. The number of anilines is 1. The predicted octanol–water partition coefficient (Wildman–Crippen LogP) is 1.91. The van der Waals surface area contributed by atoms with Crippen molar-refractivity contribution in [3.63, 3.8) is 0 Å². The molecule has 0 N–H and O–H groups in total. The number of hydrogen-bond donors (Lipinski definition) is 0. The number of aromatic nitrogens is 2. The number of amides is 1. The fourth-order valence-electron chi connectivity index (χ4n) is 3.23. The molecule has 0 unspecified atom stereocenters. The molecular weight excluding hydrogens is 300 g/mol. The van der Waals surface area contributed by atoms with E-state index in [4.69, 9.17) is 4.74 Å². The van der Waals surface area contributed by atoms with Gasteiger partial charge in [-0.05, 0) is 31.6 Å². The molecule has 2 saturated heterocycles. The van der Waals surface area contributed by atoms with E-state index in [-0.39, 0.29) is 0 Å². The molecule has 0 bridgehead atoms. The molecular formula is C15H24N4O2S. The molecule has 0 aromatic carbocycles. The minimum absolute atomic E-state index is 0.349. The first-order valence-electron chi connectivity index (χ1n) is 8.10. The number of methoxy groups -OCH3 is 1. The standard InChI is InChI=1S/C15H24N4O2S/c1-21-11-13-16-15(22-17-13)18-8-5-12(6-9-18)10-19-7-3-2-4-14(19)20/h12H,2-11H2,1H3. The number of ether oxygens (including phenoxy) is 1. The van der Waals surface area contributed by atoms with Crippen LogP contribution < -0.4 is 4.90 Å². The fraction of sp³-hybridized carbons (Fsp3) is 0.800. The van der Waals surface area contributed by atoms with Crippen LogP contribution in [0.3, 0.4) is 0 Å². The average Bonchev–Trinajstić information content (AvgIpc) is 2.99. The Kier molecular flexibility index (Phi) is 5.25. The van der Waals surface area contributed by atoms with Crippen molar-refractivity contribution in [2.75, 3.05) is 38.2 Å². The van der Waals surface area contributed by atoms with E-state index in [9.17, 15) is 4.79 Å². The molecule has 122 valence electrons. The van der Waals surface area contributed by atoms with E-state index in [2.05, 4.69) is 19.2 Å². The summed E-state index contributed by atoms with van der Waals surface area (Å²) >= 11 is 1.45. The van der Waals surface area contributed by atoms with E-state index in [1.807, 2.05) is 0 Å². The molecule has 2 aliphatic rings. The van der Waals surface area contributed by atoms with Crippen LogP contribution in [0.5, 0.6) is 0 Å². The highest BCUT2D eigenvalue weighted by molar-refractivity contribution is 7.09. The number of hydrogen-bond acceptors (Lipinski definition) is 6. The van der Waals surface area contributed by atoms with Gasteiger partial charge in [-0.1, -0.05) is 0 Å². The van der Waals surface area contributed by atoms with Crippen LogP contribution in [-0.4, -0.2) is 53.5 Å². The third-order valence-corrected chi connectivity index (χ3v) is 5.33. The zero-order chi connectivity index (χ0) is 15.4. The first-order chi connectivity index (χ1) is 10.8. The Morgan fingerprint density at radius 3 is 2.82 bits per heavy atom. The van der Waals surface area contributed by atoms with Gasteiger partial charge < -0.3 is 14.5 Å². The molecule has 0 radical (unpaired) electrons. The third kappa shape index (κ3) is 3.76. The van der Waals surface area contributed by atoms with Gasteiger partial charge >= 0.3 is 0 Å². The summed E-state index contributed by atoms with van der Waals surface area (Å²) in [6.07, 6.45) is 5.23. The van der Waals surface area contributed by atoms with Gasteiger partial charge in [0.1, 0.15) is 6.61 Å². The van der Waals surface area contributed by atoms with Crippen molar-refractivity contribution in [1.82, 2.24) is 14.3 Å². The van der Waals surface area contributed by atoms with E-state index in [1.165, 1.54) is 11.5 Å². The summed E-state index contributed by atoms with van der Waals surface area (Å²) in [7, 11) is 1.66. The van der Waals surface area contributed by atoms with E-state index >= 15 is 0 Å². The zero-order valence-electron chi connectivity index (χ0n) is 13.2. The summed E-state index contributed by atoms with van der Waals surface area (Å²) in [5.41, 5.74) is 0. The Hall–Kier alpha value is -1.21. The molecule has 1 aromatic heterocycles. The highest BCUT2D eigenvalue weighted by atomic mass is 32.1. The van der Waals surface area contributed by atoms with E-state index in [0.717, 1.165) is 69.2 Å². The lowest BCUT2D eigenvalue weighted by Crippen LogP contribution is -2.42. The van der Waals surface area contributed by atoms with Crippen LogP contribution in [0.4, 0.5) is 5.13 Å². The third-order valence-electron chi connectivity index (χ3n) is 4.52. The number of rotatable bonds is 5. The molecule has 0 saturated carbocycles. The Morgan fingerprint density at radius 1 is 1.27 bits per heavy atom. The van der Waals surface area contributed by atoms with Gasteiger partial charge in [-0.15, -0.1) is 0 Å². The van der Waals surface area contributed by atoms with Crippen LogP contribution in [0.15, 0.2) is 0 Å².